The van der Waals surface area contributed by atoms with Crippen molar-refractivity contribution in [3.8, 4) is 5.75 Å². The van der Waals surface area contributed by atoms with Crippen molar-refractivity contribution in [1.82, 2.24) is 5.32 Å². The Morgan fingerprint density at radius 3 is 2.38 bits per heavy atom. The minimum atomic E-state index is -1.80. The molecule has 1 atom stereocenters. The number of anilines is 1. The summed E-state index contributed by atoms with van der Waals surface area (Å²) in [4.78, 5) is 11.6. The number of carbonyl (C=O) groups excluding carboxylic acids is 1. The highest BCUT2D eigenvalue weighted by molar-refractivity contribution is 6.68. The summed E-state index contributed by atoms with van der Waals surface area (Å²) in [5.74, 6) is 0.169. The van der Waals surface area contributed by atoms with Gasteiger partial charge in [0, 0.05) is 6.42 Å². The lowest BCUT2D eigenvalue weighted by molar-refractivity contribution is -0.123. The van der Waals surface area contributed by atoms with Crippen LogP contribution in [0.4, 0.5) is 5.69 Å². The van der Waals surface area contributed by atoms with E-state index in [0.29, 0.717) is 5.75 Å². The lowest BCUT2D eigenvalue weighted by Crippen LogP contribution is -2.47. The number of alkyl halides is 3. The van der Waals surface area contributed by atoms with Crippen molar-refractivity contribution in [2.75, 3.05) is 5.43 Å². The quantitative estimate of drug-likeness (QED) is 0.298. The Morgan fingerprint density at radius 1 is 1.15 bits per heavy atom. The number of benzene rings is 2. The van der Waals surface area contributed by atoms with Crippen LogP contribution in [0.15, 0.2) is 59.7 Å². The second-order valence-corrected chi connectivity index (χ2v) is 7.63. The van der Waals surface area contributed by atoms with E-state index >= 15 is 0 Å². The van der Waals surface area contributed by atoms with Crippen LogP contribution < -0.4 is 15.5 Å². The van der Waals surface area contributed by atoms with E-state index in [9.17, 15) is 4.79 Å². The van der Waals surface area contributed by atoms with E-state index in [2.05, 4.69) is 15.8 Å². The average molecular weight is 415 g/mol. The van der Waals surface area contributed by atoms with Gasteiger partial charge in [0.25, 0.3) is 0 Å². The molecule has 0 aromatic heterocycles. The number of rotatable bonds is 7. The number of carbonyl (C=O) groups is 1. The lowest BCUT2D eigenvalue weighted by atomic mass is 10.2. The maximum Gasteiger partial charge on any atom is 0.246 e. The topological polar surface area (TPSA) is 62.7 Å². The van der Waals surface area contributed by atoms with E-state index in [4.69, 9.17) is 39.5 Å². The molecule has 0 aliphatic heterocycles. The van der Waals surface area contributed by atoms with Crippen LogP contribution in [0.1, 0.15) is 18.9 Å². The van der Waals surface area contributed by atoms with Crippen molar-refractivity contribution in [3.05, 3.63) is 60.2 Å². The van der Waals surface area contributed by atoms with Gasteiger partial charge in [-0.15, -0.1) is 0 Å². The molecule has 0 radical (unpaired) electrons. The van der Waals surface area contributed by atoms with E-state index in [0.717, 1.165) is 11.3 Å². The van der Waals surface area contributed by atoms with Crippen molar-refractivity contribution >= 4 is 52.6 Å². The zero-order valence-corrected chi connectivity index (χ0v) is 16.2. The molecular formula is C18H18Cl3N3O2. The summed E-state index contributed by atoms with van der Waals surface area (Å²) in [5.41, 5.74) is 4.67. The molecule has 1 amide bonds. The number of para-hydroxylation sites is 1. The smallest absolute Gasteiger partial charge is 0.246 e. The first kappa shape index (κ1) is 20.4. The van der Waals surface area contributed by atoms with E-state index in [1.54, 1.807) is 37.4 Å². The van der Waals surface area contributed by atoms with Gasteiger partial charge in [0.15, 0.2) is 0 Å². The number of nitrogens with one attached hydrogen (secondary N) is 2. The van der Waals surface area contributed by atoms with Crippen LogP contribution in [0.25, 0.3) is 0 Å². The van der Waals surface area contributed by atoms with Gasteiger partial charge in [0.1, 0.15) is 5.75 Å². The largest absolute Gasteiger partial charge is 0.466 e. The van der Waals surface area contributed by atoms with Crippen LogP contribution >= 0.6 is 34.8 Å². The van der Waals surface area contributed by atoms with Crippen LogP contribution in [-0.2, 0) is 4.79 Å². The Balaban J connectivity index is 1.97. The highest BCUT2D eigenvalue weighted by Gasteiger charge is 2.35. The van der Waals surface area contributed by atoms with Gasteiger partial charge in [-0.3, -0.25) is 10.2 Å². The fraction of sp³-hybridized carbons (Fsp3) is 0.222. The van der Waals surface area contributed by atoms with Gasteiger partial charge >= 0.3 is 0 Å². The van der Waals surface area contributed by atoms with Gasteiger partial charge in [-0.1, -0.05) is 59.9 Å². The highest BCUT2D eigenvalue weighted by Crippen LogP contribution is 2.32. The third-order valence-corrected chi connectivity index (χ3v) is 3.82. The van der Waals surface area contributed by atoms with Crippen molar-refractivity contribution < 1.29 is 9.53 Å². The van der Waals surface area contributed by atoms with Crippen molar-refractivity contribution in [2.24, 2.45) is 5.10 Å². The summed E-state index contributed by atoms with van der Waals surface area (Å²) in [6.45, 7) is 1.70. The van der Waals surface area contributed by atoms with Gasteiger partial charge in [0.2, 0.25) is 15.9 Å². The van der Waals surface area contributed by atoms with Crippen molar-refractivity contribution in [3.63, 3.8) is 0 Å². The third kappa shape index (κ3) is 6.75. The molecule has 2 aromatic carbocycles. The van der Waals surface area contributed by atoms with Gasteiger partial charge in [-0.05, 0) is 42.0 Å². The van der Waals surface area contributed by atoms with Crippen LogP contribution in [0, 0.1) is 0 Å². The molecule has 0 saturated heterocycles. The Bertz CT molecular complexity index is 732. The molecule has 2 aromatic rings. The molecule has 0 unspecified atom stereocenters. The fourth-order valence-electron chi connectivity index (χ4n) is 1.89. The summed E-state index contributed by atoms with van der Waals surface area (Å²) in [5, 5.41) is 6.68. The minimum Gasteiger partial charge on any atom is -0.466 e. The predicted molar refractivity (Wildman–Crippen MR) is 107 cm³/mol. The lowest BCUT2D eigenvalue weighted by Gasteiger charge is -2.26. The van der Waals surface area contributed by atoms with Crippen LogP contribution in [0.3, 0.4) is 0 Å². The number of halogens is 3. The van der Waals surface area contributed by atoms with Crippen LogP contribution in [0.5, 0.6) is 5.75 Å². The zero-order valence-electron chi connectivity index (χ0n) is 14.0. The second kappa shape index (κ2) is 9.67. The van der Waals surface area contributed by atoms with E-state index in [1.165, 1.54) is 0 Å². The minimum absolute atomic E-state index is 0.254. The molecule has 0 spiro atoms. The first-order valence-electron chi connectivity index (χ1n) is 7.85. The molecule has 0 heterocycles. The normalized spacial score (nSPS) is 12.6. The van der Waals surface area contributed by atoms with E-state index in [1.807, 2.05) is 30.3 Å². The average Bonchev–Trinajstić information content (AvgIpc) is 2.62. The molecule has 0 fully saturated rings. The SMILES string of the molecule is CCC(=O)N[C@@H](Oc1ccc(C=NNc2ccccc2)cc1)C(Cl)(Cl)Cl. The molecule has 26 heavy (non-hydrogen) atoms. The summed E-state index contributed by atoms with van der Waals surface area (Å²) in [6.07, 6.45) is 0.825. The second-order valence-electron chi connectivity index (χ2n) is 5.27. The van der Waals surface area contributed by atoms with Crippen molar-refractivity contribution in [2.45, 2.75) is 23.4 Å². The van der Waals surface area contributed by atoms with Gasteiger partial charge in [0.05, 0.1) is 11.9 Å². The monoisotopic (exact) mass is 413 g/mol. The molecule has 0 aliphatic carbocycles. The molecule has 0 bridgehead atoms. The van der Waals surface area contributed by atoms with Crippen molar-refractivity contribution in [1.29, 1.82) is 0 Å². The summed E-state index contributed by atoms with van der Waals surface area (Å²) >= 11 is 17.6. The number of ether oxygens (including phenoxy) is 1. The van der Waals surface area contributed by atoms with E-state index in [-0.39, 0.29) is 12.3 Å². The number of hydrazone groups is 1. The summed E-state index contributed by atoms with van der Waals surface area (Å²) in [6, 6.07) is 16.6. The molecule has 0 aliphatic rings. The molecule has 138 valence electrons. The zero-order chi connectivity index (χ0) is 19.0. The predicted octanol–water partition coefficient (Wildman–Crippen LogP) is 4.73. The number of hydrogen-bond donors (Lipinski definition) is 2. The fourth-order valence-corrected chi connectivity index (χ4v) is 2.19. The Kier molecular flexibility index (Phi) is 7.57. The van der Waals surface area contributed by atoms with Gasteiger partial charge < -0.3 is 10.1 Å². The molecule has 0 saturated carbocycles. The van der Waals surface area contributed by atoms with Crippen LogP contribution in [0.2, 0.25) is 0 Å². The van der Waals surface area contributed by atoms with E-state index < -0.39 is 10.0 Å². The Hall–Kier alpha value is -1.95. The molecule has 8 heteroatoms. The molecular weight excluding hydrogens is 397 g/mol. The van der Waals surface area contributed by atoms with Crippen LogP contribution in [-0.4, -0.2) is 22.1 Å². The Morgan fingerprint density at radius 2 is 1.81 bits per heavy atom. The number of hydrogen-bond acceptors (Lipinski definition) is 4. The molecule has 2 N–H and O–H groups in total. The maximum absolute atomic E-state index is 11.6. The Labute approximate surface area is 167 Å². The summed E-state index contributed by atoms with van der Waals surface area (Å²) in [7, 11) is 0. The maximum atomic E-state index is 11.6. The number of amides is 1. The highest BCUT2D eigenvalue weighted by atomic mass is 35.6. The standard InChI is InChI=1S/C18H18Cl3N3O2/c1-2-16(25)23-17(18(19,20)21)26-15-10-8-13(9-11-15)12-22-24-14-6-4-3-5-7-14/h3-12,17,24H,2H2,1H3,(H,23,25)/t17-/m0/s1. The molecule has 5 nitrogen and oxygen atoms in total. The third-order valence-electron chi connectivity index (χ3n) is 3.23. The van der Waals surface area contributed by atoms with Gasteiger partial charge in [-0.25, -0.2) is 0 Å². The first-order valence-corrected chi connectivity index (χ1v) is 8.99. The first-order chi connectivity index (χ1) is 12.4. The number of nitrogens with zero attached hydrogens (tertiary/aromatic N) is 1. The summed E-state index contributed by atoms with van der Waals surface area (Å²) < 4.78 is 3.79. The van der Waals surface area contributed by atoms with Gasteiger partial charge in [-0.2, -0.15) is 5.10 Å². The molecule has 2 rings (SSSR count).